The molecule has 0 bridgehead atoms. The zero-order valence-electron chi connectivity index (χ0n) is 20.4. The predicted molar refractivity (Wildman–Crippen MR) is 130 cm³/mol. The molecule has 1 fully saturated rings. The van der Waals surface area contributed by atoms with Crippen LogP contribution in [0.3, 0.4) is 0 Å². The second-order valence-corrected chi connectivity index (χ2v) is 8.99. The molecule has 3 rings (SSSR count). The molecular formula is C27H35FN2O5. The Morgan fingerprint density at radius 1 is 1.20 bits per heavy atom. The van der Waals surface area contributed by atoms with Gasteiger partial charge in [0, 0.05) is 46.2 Å². The first-order valence-electron chi connectivity index (χ1n) is 12.1. The molecule has 2 aromatic rings. The molecule has 2 N–H and O–H groups in total. The lowest BCUT2D eigenvalue weighted by molar-refractivity contribution is -0.145. The molecule has 0 unspecified atom stereocenters. The van der Waals surface area contributed by atoms with Crippen LogP contribution >= 0.6 is 0 Å². The Morgan fingerprint density at radius 3 is 2.69 bits per heavy atom. The van der Waals surface area contributed by atoms with E-state index in [4.69, 9.17) is 9.47 Å². The fraction of sp³-hybridized carbons (Fsp3) is 0.481. The maximum atomic E-state index is 14.3. The predicted octanol–water partition coefficient (Wildman–Crippen LogP) is 3.09. The minimum absolute atomic E-state index is 0.135. The van der Waals surface area contributed by atoms with Gasteiger partial charge in [-0.1, -0.05) is 30.3 Å². The number of ether oxygens (including phenoxy) is 2. The van der Waals surface area contributed by atoms with Crippen molar-refractivity contribution in [2.24, 2.45) is 5.92 Å². The number of carbonyl (C=O) groups excluding carboxylic acids is 2. The van der Waals surface area contributed by atoms with Gasteiger partial charge in [-0.3, -0.25) is 9.59 Å². The summed E-state index contributed by atoms with van der Waals surface area (Å²) >= 11 is 0. The summed E-state index contributed by atoms with van der Waals surface area (Å²) in [6.45, 7) is 3.37. The number of carbonyl (C=O) groups is 2. The van der Waals surface area contributed by atoms with Gasteiger partial charge in [-0.25, -0.2) is 4.39 Å². The Kier molecular flexibility index (Phi) is 10.0. The van der Waals surface area contributed by atoms with E-state index in [0.717, 1.165) is 12.0 Å². The molecule has 0 saturated carbocycles. The van der Waals surface area contributed by atoms with Crippen molar-refractivity contribution in [3.05, 3.63) is 65.5 Å². The number of hydrogen-bond acceptors (Lipinski definition) is 5. The Morgan fingerprint density at radius 2 is 1.97 bits per heavy atom. The fourth-order valence-corrected chi connectivity index (χ4v) is 4.52. The van der Waals surface area contributed by atoms with Crippen molar-refractivity contribution in [1.82, 2.24) is 10.2 Å². The summed E-state index contributed by atoms with van der Waals surface area (Å²) in [5.41, 5.74) is 1.58. The van der Waals surface area contributed by atoms with Gasteiger partial charge in [0.15, 0.2) is 0 Å². The maximum absolute atomic E-state index is 14.3. The van der Waals surface area contributed by atoms with Crippen LogP contribution in [-0.4, -0.2) is 60.8 Å². The molecule has 1 saturated heterocycles. The SMILES string of the molecule is COCCCOc1cc(F)cc(C[C@H](NC(C)=O)[C@H](O)[C@@H]2CCCN(Cc3ccccc3)C2=O)c1. The lowest BCUT2D eigenvalue weighted by Gasteiger charge is -2.37. The number of nitrogens with zero attached hydrogens (tertiary/aromatic N) is 1. The third kappa shape index (κ3) is 8.04. The van der Waals surface area contributed by atoms with Crippen molar-refractivity contribution in [3.8, 4) is 5.75 Å². The van der Waals surface area contributed by atoms with E-state index in [1.807, 2.05) is 30.3 Å². The summed E-state index contributed by atoms with van der Waals surface area (Å²) in [4.78, 5) is 26.9. The summed E-state index contributed by atoms with van der Waals surface area (Å²) in [7, 11) is 1.60. The molecule has 1 aliphatic heterocycles. The first-order valence-corrected chi connectivity index (χ1v) is 12.1. The number of aliphatic hydroxyl groups excluding tert-OH is 1. The molecule has 2 aromatic carbocycles. The van der Waals surface area contributed by atoms with E-state index in [9.17, 15) is 19.1 Å². The van der Waals surface area contributed by atoms with Crippen molar-refractivity contribution in [2.75, 3.05) is 26.9 Å². The second kappa shape index (κ2) is 13.2. The number of methoxy groups -OCH3 is 1. The lowest BCUT2D eigenvalue weighted by atomic mass is 9.85. The van der Waals surface area contributed by atoms with E-state index < -0.39 is 23.9 Å². The largest absolute Gasteiger partial charge is 0.493 e. The van der Waals surface area contributed by atoms with Crippen LogP contribution in [0.5, 0.6) is 5.75 Å². The minimum Gasteiger partial charge on any atom is -0.493 e. The van der Waals surface area contributed by atoms with Gasteiger partial charge in [0.1, 0.15) is 11.6 Å². The summed E-state index contributed by atoms with van der Waals surface area (Å²) in [5.74, 6) is -1.21. The molecule has 0 aromatic heterocycles. The van der Waals surface area contributed by atoms with Gasteiger partial charge in [0.2, 0.25) is 11.8 Å². The van der Waals surface area contributed by atoms with Crippen LogP contribution < -0.4 is 10.1 Å². The van der Waals surface area contributed by atoms with Crippen molar-refractivity contribution < 1.29 is 28.6 Å². The number of likely N-dealkylation sites (tertiary alicyclic amines) is 1. The monoisotopic (exact) mass is 486 g/mol. The maximum Gasteiger partial charge on any atom is 0.228 e. The molecule has 1 heterocycles. The van der Waals surface area contributed by atoms with E-state index in [0.29, 0.717) is 50.5 Å². The Balaban J connectivity index is 1.72. The quantitative estimate of drug-likeness (QED) is 0.450. The van der Waals surface area contributed by atoms with Gasteiger partial charge in [-0.05, 0) is 42.5 Å². The van der Waals surface area contributed by atoms with E-state index >= 15 is 0 Å². The van der Waals surface area contributed by atoms with Crippen molar-refractivity contribution in [1.29, 1.82) is 0 Å². The van der Waals surface area contributed by atoms with Crippen molar-refractivity contribution in [3.63, 3.8) is 0 Å². The average Bonchev–Trinajstić information content (AvgIpc) is 2.82. The smallest absolute Gasteiger partial charge is 0.228 e. The minimum atomic E-state index is -1.11. The van der Waals surface area contributed by atoms with Crippen LogP contribution in [0.4, 0.5) is 4.39 Å². The van der Waals surface area contributed by atoms with Crippen LogP contribution in [0, 0.1) is 11.7 Å². The molecule has 1 aliphatic rings. The molecule has 3 atom stereocenters. The zero-order valence-corrected chi connectivity index (χ0v) is 20.4. The molecule has 35 heavy (non-hydrogen) atoms. The highest BCUT2D eigenvalue weighted by atomic mass is 19.1. The van der Waals surface area contributed by atoms with E-state index in [1.165, 1.54) is 19.1 Å². The summed E-state index contributed by atoms with van der Waals surface area (Å²) in [5, 5.41) is 14.0. The lowest BCUT2D eigenvalue weighted by Crippen LogP contribution is -2.53. The number of hydrogen-bond donors (Lipinski definition) is 2. The van der Waals surface area contributed by atoms with Crippen LogP contribution in [0.2, 0.25) is 0 Å². The number of aliphatic hydroxyl groups is 1. The summed E-state index contributed by atoms with van der Waals surface area (Å²) in [6.07, 6.45) is 0.999. The first-order chi connectivity index (χ1) is 16.9. The summed E-state index contributed by atoms with van der Waals surface area (Å²) < 4.78 is 24.9. The highest BCUT2D eigenvalue weighted by molar-refractivity contribution is 5.80. The van der Waals surface area contributed by atoms with E-state index in [2.05, 4.69) is 5.32 Å². The normalized spacial score (nSPS) is 17.7. The molecular weight excluding hydrogens is 451 g/mol. The Labute approximate surface area is 206 Å². The van der Waals surface area contributed by atoms with Crippen LogP contribution in [0.15, 0.2) is 48.5 Å². The topological polar surface area (TPSA) is 88.1 Å². The Hall–Kier alpha value is -2.97. The number of nitrogens with one attached hydrogen (secondary N) is 1. The third-order valence-corrected chi connectivity index (χ3v) is 6.15. The van der Waals surface area contributed by atoms with Crippen LogP contribution in [0.25, 0.3) is 0 Å². The number of piperidine rings is 1. The molecule has 0 aliphatic carbocycles. The van der Waals surface area contributed by atoms with Gasteiger partial charge in [-0.2, -0.15) is 0 Å². The highest BCUT2D eigenvalue weighted by Crippen LogP contribution is 2.27. The zero-order chi connectivity index (χ0) is 25.2. The van der Waals surface area contributed by atoms with Crippen LogP contribution in [0.1, 0.15) is 37.3 Å². The summed E-state index contributed by atoms with van der Waals surface area (Å²) in [6, 6.07) is 13.3. The van der Waals surface area contributed by atoms with Gasteiger partial charge in [-0.15, -0.1) is 0 Å². The fourth-order valence-electron chi connectivity index (χ4n) is 4.52. The highest BCUT2D eigenvalue weighted by Gasteiger charge is 2.38. The number of halogens is 1. The first kappa shape index (κ1) is 26.6. The molecule has 0 spiro atoms. The van der Waals surface area contributed by atoms with Gasteiger partial charge in [0.05, 0.1) is 24.7 Å². The standard InChI is InChI=1S/C27H35FN2O5/c1-19(31)29-25(16-21-14-22(28)17-23(15-21)35-13-7-12-34-2)26(32)24-10-6-11-30(27(24)33)18-20-8-4-3-5-9-20/h3-5,8-9,14-15,17,24-26,32H,6-7,10-13,16,18H2,1-2H3,(H,29,31)/t24-,25-,26+/m0/s1. The van der Waals surface area contributed by atoms with Gasteiger partial charge >= 0.3 is 0 Å². The molecule has 2 amide bonds. The molecule has 7 nitrogen and oxygen atoms in total. The number of benzene rings is 2. The third-order valence-electron chi connectivity index (χ3n) is 6.15. The van der Waals surface area contributed by atoms with Gasteiger partial charge in [0.25, 0.3) is 0 Å². The van der Waals surface area contributed by atoms with Crippen molar-refractivity contribution >= 4 is 11.8 Å². The van der Waals surface area contributed by atoms with Crippen molar-refractivity contribution in [2.45, 2.75) is 51.3 Å². The number of amides is 2. The molecule has 190 valence electrons. The molecule has 0 radical (unpaired) electrons. The van der Waals surface area contributed by atoms with E-state index in [-0.39, 0.29) is 18.2 Å². The second-order valence-electron chi connectivity index (χ2n) is 8.99. The van der Waals surface area contributed by atoms with Crippen LogP contribution in [-0.2, 0) is 27.3 Å². The van der Waals surface area contributed by atoms with E-state index in [1.54, 1.807) is 18.1 Å². The molecule has 8 heteroatoms. The van der Waals surface area contributed by atoms with Gasteiger partial charge < -0.3 is 24.8 Å². The Bertz CT molecular complexity index is 971. The number of rotatable bonds is 12. The average molecular weight is 487 g/mol.